The summed E-state index contributed by atoms with van der Waals surface area (Å²) in [6.45, 7) is 3.91. The highest BCUT2D eigenvalue weighted by atomic mass is 35.5. The number of aromatic carboxylic acids is 1. The van der Waals surface area contributed by atoms with E-state index in [-0.39, 0.29) is 10.6 Å². The molecule has 1 aromatic heterocycles. The highest BCUT2D eigenvalue weighted by Gasteiger charge is 2.12. The van der Waals surface area contributed by atoms with Crippen molar-refractivity contribution in [2.45, 2.75) is 19.8 Å². The minimum absolute atomic E-state index is 0.0427. The predicted molar refractivity (Wildman–Crippen MR) is 70.4 cm³/mol. The number of nitrogens with zero attached hydrogens (tertiary/aromatic N) is 1. The molecule has 1 heterocycles. The van der Waals surface area contributed by atoms with Crippen molar-refractivity contribution in [1.82, 2.24) is 4.98 Å². The number of hydrogen-bond acceptors (Lipinski definition) is 4. The van der Waals surface area contributed by atoms with Crippen molar-refractivity contribution in [2.75, 3.05) is 25.1 Å². The molecular weight excluding hydrogens is 256 g/mol. The average Bonchev–Trinajstić information content (AvgIpc) is 2.35. The van der Waals surface area contributed by atoms with Gasteiger partial charge in [-0.3, -0.25) is 0 Å². The van der Waals surface area contributed by atoms with Crippen LogP contribution in [0.4, 0.5) is 5.82 Å². The van der Waals surface area contributed by atoms with Crippen LogP contribution >= 0.6 is 11.6 Å². The van der Waals surface area contributed by atoms with Crippen LogP contribution in [-0.4, -0.2) is 35.8 Å². The van der Waals surface area contributed by atoms with Gasteiger partial charge >= 0.3 is 5.97 Å². The van der Waals surface area contributed by atoms with Gasteiger partial charge in [0.05, 0.1) is 17.2 Å². The second-order valence-corrected chi connectivity index (χ2v) is 4.10. The Morgan fingerprint density at radius 1 is 1.56 bits per heavy atom. The number of hydrogen-bond donors (Lipinski definition) is 2. The Morgan fingerprint density at radius 3 is 3.00 bits per heavy atom. The zero-order valence-electron chi connectivity index (χ0n) is 10.3. The molecule has 1 rings (SSSR count). The molecule has 0 spiro atoms. The summed E-state index contributed by atoms with van der Waals surface area (Å²) in [5.74, 6) is -0.694. The first kappa shape index (κ1) is 14.7. The van der Waals surface area contributed by atoms with Crippen molar-refractivity contribution >= 4 is 23.4 Å². The van der Waals surface area contributed by atoms with E-state index in [1.54, 1.807) is 0 Å². The minimum atomic E-state index is -1.07. The van der Waals surface area contributed by atoms with Crippen LogP contribution in [0.15, 0.2) is 12.3 Å². The maximum Gasteiger partial charge on any atom is 0.337 e. The lowest BCUT2D eigenvalue weighted by atomic mass is 10.2. The van der Waals surface area contributed by atoms with E-state index in [1.165, 1.54) is 12.3 Å². The zero-order chi connectivity index (χ0) is 13.4. The molecule has 0 fully saturated rings. The van der Waals surface area contributed by atoms with Gasteiger partial charge in [-0.1, -0.05) is 24.9 Å². The third-order valence-corrected chi connectivity index (χ3v) is 2.68. The van der Waals surface area contributed by atoms with Gasteiger partial charge in [0.25, 0.3) is 0 Å². The lowest BCUT2D eigenvalue weighted by Crippen LogP contribution is -2.12. The van der Waals surface area contributed by atoms with E-state index in [0.29, 0.717) is 19.0 Å². The number of carboxylic acids is 1. The van der Waals surface area contributed by atoms with Gasteiger partial charge in [0, 0.05) is 19.3 Å². The maximum atomic E-state index is 10.9. The summed E-state index contributed by atoms with van der Waals surface area (Å²) in [5, 5.41) is 12.0. The maximum absolute atomic E-state index is 10.9. The minimum Gasteiger partial charge on any atom is -0.478 e. The van der Waals surface area contributed by atoms with E-state index in [2.05, 4.69) is 17.2 Å². The van der Waals surface area contributed by atoms with Gasteiger partial charge in [-0.15, -0.1) is 0 Å². The molecule has 18 heavy (non-hydrogen) atoms. The van der Waals surface area contributed by atoms with E-state index >= 15 is 0 Å². The smallest absolute Gasteiger partial charge is 0.337 e. The van der Waals surface area contributed by atoms with Crippen molar-refractivity contribution < 1.29 is 14.6 Å². The second kappa shape index (κ2) is 7.89. The number of carboxylic acid groups (broad SMARTS) is 1. The monoisotopic (exact) mass is 272 g/mol. The largest absolute Gasteiger partial charge is 0.478 e. The Kier molecular flexibility index (Phi) is 6.46. The summed E-state index contributed by atoms with van der Waals surface area (Å²) in [6.07, 6.45) is 3.55. The molecule has 0 atom stereocenters. The lowest BCUT2D eigenvalue weighted by molar-refractivity contribution is 0.0697. The SMILES string of the molecule is CCCCOCCNc1nccc(C(=O)O)c1Cl. The lowest BCUT2D eigenvalue weighted by Gasteiger charge is -2.09. The number of ether oxygens (including phenoxy) is 1. The van der Waals surface area contributed by atoms with Crippen LogP contribution in [0.3, 0.4) is 0 Å². The Labute approximate surface area is 111 Å². The zero-order valence-corrected chi connectivity index (χ0v) is 11.0. The highest BCUT2D eigenvalue weighted by Crippen LogP contribution is 2.23. The van der Waals surface area contributed by atoms with Gasteiger partial charge in [0.15, 0.2) is 0 Å². The van der Waals surface area contributed by atoms with Gasteiger partial charge in [-0.05, 0) is 12.5 Å². The molecule has 1 aromatic rings. The van der Waals surface area contributed by atoms with Gasteiger partial charge in [-0.2, -0.15) is 0 Å². The quantitative estimate of drug-likeness (QED) is 0.712. The Bertz CT molecular complexity index is 399. The Balaban J connectivity index is 2.43. The number of aromatic nitrogens is 1. The van der Waals surface area contributed by atoms with Crippen LogP contribution in [0.5, 0.6) is 0 Å². The van der Waals surface area contributed by atoms with Gasteiger partial charge in [0.2, 0.25) is 0 Å². The van der Waals surface area contributed by atoms with Crippen LogP contribution in [0, 0.1) is 0 Å². The molecular formula is C12H17ClN2O3. The first-order valence-corrected chi connectivity index (χ1v) is 6.24. The van der Waals surface area contributed by atoms with Crippen molar-refractivity contribution in [3.8, 4) is 0 Å². The fraction of sp³-hybridized carbons (Fsp3) is 0.500. The normalized spacial score (nSPS) is 10.3. The van der Waals surface area contributed by atoms with Crippen LogP contribution < -0.4 is 5.32 Å². The van der Waals surface area contributed by atoms with Crippen LogP contribution in [0.25, 0.3) is 0 Å². The summed E-state index contributed by atoms with van der Waals surface area (Å²) in [6, 6.07) is 1.37. The topological polar surface area (TPSA) is 71.5 Å². The standard InChI is InChI=1S/C12H17ClN2O3/c1-2-3-7-18-8-6-15-11-10(13)9(12(16)17)4-5-14-11/h4-5H,2-3,6-8H2,1H3,(H,14,15)(H,16,17). The third-order valence-electron chi connectivity index (χ3n) is 2.30. The summed E-state index contributed by atoms with van der Waals surface area (Å²) >= 11 is 5.92. The fourth-order valence-corrected chi connectivity index (χ4v) is 1.58. The predicted octanol–water partition coefficient (Wildman–Crippen LogP) is 2.66. The van der Waals surface area contributed by atoms with E-state index in [9.17, 15) is 4.79 Å². The molecule has 2 N–H and O–H groups in total. The molecule has 0 aliphatic rings. The van der Waals surface area contributed by atoms with E-state index in [4.69, 9.17) is 21.4 Å². The Morgan fingerprint density at radius 2 is 2.33 bits per heavy atom. The molecule has 5 nitrogen and oxygen atoms in total. The first-order chi connectivity index (χ1) is 8.66. The number of pyridine rings is 1. The molecule has 0 aliphatic carbocycles. The number of nitrogens with one attached hydrogen (secondary N) is 1. The van der Waals surface area contributed by atoms with Gasteiger partial charge in [0.1, 0.15) is 5.82 Å². The second-order valence-electron chi connectivity index (χ2n) is 3.72. The summed E-state index contributed by atoms with van der Waals surface area (Å²) in [4.78, 5) is 14.9. The number of carbonyl (C=O) groups is 1. The Hall–Kier alpha value is -1.33. The molecule has 0 aliphatic heterocycles. The molecule has 0 saturated carbocycles. The van der Waals surface area contributed by atoms with Crippen LogP contribution in [0.2, 0.25) is 5.02 Å². The molecule has 0 saturated heterocycles. The molecule has 0 radical (unpaired) electrons. The number of anilines is 1. The summed E-state index contributed by atoms with van der Waals surface area (Å²) in [5.41, 5.74) is 0.0427. The number of halogens is 1. The molecule has 0 bridgehead atoms. The highest BCUT2D eigenvalue weighted by molar-refractivity contribution is 6.35. The average molecular weight is 273 g/mol. The molecule has 0 amide bonds. The first-order valence-electron chi connectivity index (χ1n) is 5.86. The number of rotatable bonds is 8. The van der Waals surface area contributed by atoms with E-state index in [0.717, 1.165) is 19.4 Å². The van der Waals surface area contributed by atoms with Crippen LogP contribution in [-0.2, 0) is 4.74 Å². The van der Waals surface area contributed by atoms with Gasteiger partial charge < -0.3 is 15.2 Å². The summed E-state index contributed by atoms with van der Waals surface area (Å²) in [7, 11) is 0. The van der Waals surface area contributed by atoms with Crippen molar-refractivity contribution in [1.29, 1.82) is 0 Å². The van der Waals surface area contributed by atoms with E-state index in [1.807, 2.05) is 0 Å². The van der Waals surface area contributed by atoms with Crippen molar-refractivity contribution in [2.24, 2.45) is 0 Å². The van der Waals surface area contributed by atoms with E-state index < -0.39 is 5.97 Å². The molecule has 100 valence electrons. The van der Waals surface area contributed by atoms with Crippen LogP contribution in [0.1, 0.15) is 30.1 Å². The van der Waals surface area contributed by atoms with Crippen molar-refractivity contribution in [3.05, 3.63) is 22.8 Å². The van der Waals surface area contributed by atoms with Gasteiger partial charge in [-0.25, -0.2) is 9.78 Å². The molecule has 6 heteroatoms. The molecule has 0 unspecified atom stereocenters. The fourth-order valence-electron chi connectivity index (χ4n) is 1.32. The third kappa shape index (κ3) is 4.50. The number of unbranched alkanes of at least 4 members (excludes halogenated alkanes) is 1. The van der Waals surface area contributed by atoms with Crippen molar-refractivity contribution in [3.63, 3.8) is 0 Å². The summed E-state index contributed by atoms with van der Waals surface area (Å²) < 4.78 is 5.36. The molecule has 0 aromatic carbocycles.